The van der Waals surface area contributed by atoms with Gasteiger partial charge in [0, 0.05) is 6.54 Å². The van der Waals surface area contributed by atoms with Gasteiger partial charge in [0.25, 0.3) is 0 Å². The number of nitrogens with one attached hydrogen (secondary N) is 2. The van der Waals surface area contributed by atoms with Gasteiger partial charge >= 0.3 is 0 Å². The van der Waals surface area contributed by atoms with Crippen LogP contribution in [-0.4, -0.2) is 17.4 Å². The molecule has 0 saturated carbocycles. The molecule has 5 heteroatoms. The van der Waals surface area contributed by atoms with Gasteiger partial charge in [0.05, 0.1) is 12.0 Å². The predicted molar refractivity (Wildman–Crippen MR) is 79.4 cm³/mol. The number of hydrogen-bond donors (Lipinski definition) is 2. The van der Waals surface area contributed by atoms with Crippen molar-refractivity contribution >= 4 is 29.1 Å². The molecular formula is C13H19N3OS. The fraction of sp³-hybridized carbons (Fsp3) is 0.385. The third kappa shape index (κ3) is 6.20. The molecule has 0 bridgehead atoms. The van der Waals surface area contributed by atoms with Crippen molar-refractivity contribution in [3.63, 3.8) is 0 Å². The van der Waals surface area contributed by atoms with Crippen molar-refractivity contribution in [1.29, 1.82) is 0 Å². The Kier molecular flexibility index (Phi) is 6.14. The van der Waals surface area contributed by atoms with Crippen LogP contribution in [0.5, 0.6) is 0 Å². The highest BCUT2D eigenvalue weighted by molar-refractivity contribution is 7.80. The molecular weight excluding hydrogens is 246 g/mol. The number of thiocarbonyl (C=S) groups is 1. The van der Waals surface area contributed by atoms with Gasteiger partial charge < -0.3 is 9.73 Å². The van der Waals surface area contributed by atoms with Crippen molar-refractivity contribution in [2.75, 3.05) is 6.54 Å². The van der Waals surface area contributed by atoms with Crippen LogP contribution in [0.25, 0.3) is 6.08 Å². The zero-order chi connectivity index (χ0) is 13.4. The molecule has 0 unspecified atom stereocenters. The quantitative estimate of drug-likeness (QED) is 0.488. The average molecular weight is 265 g/mol. The van der Waals surface area contributed by atoms with Gasteiger partial charge in [-0.15, -0.1) is 0 Å². The lowest BCUT2D eigenvalue weighted by atomic mass is 10.2. The maximum absolute atomic E-state index is 5.17. The van der Waals surface area contributed by atoms with Gasteiger partial charge in [-0.3, -0.25) is 5.43 Å². The number of furan rings is 1. The Morgan fingerprint density at radius 1 is 1.56 bits per heavy atom. The van der Waals surface area contributed by atoms with Crippen LogP contribution < -0.4 is 10.7 Å². The Bertz CT molecular complexity index is 421. The number of nitrogens with zero attached hydrogens (tertiary/aromatic N) is 1. The summed E-state index contributed by atoms with van der Waals surface area (Å²) in [5, 5.41) is 7.75. The van der Waals surface area contributed by atoms with E-state index in [1.165, 1.54) is 0 Å². The molecule has 0 fully saturated rings. The van der Waals surface area contributed by atoms with Gasteiger partial charge in [0.2, 0.25) is 0 Å². The average Bonchev–Trinajstić information content (AvgIpc) is 2.84. The van der Waals surface area contributed by atoms with Crippen LogP contribution in [0.15, 0.2) is 34.0 Å². The molecule has 0 atom stereocenters. The SMILES string of the molecule is CC(/C=C/c1ccco1)=N/NC(=S)NCC(C)C. The first-order valence-electron chi connectivity index (χ1n) is 5.87. The van der Waals surface area contributed by atoms with Crippen molar-refractivity contribution in [3.8, 4) is 0 Å². The second-order valence-electron chi connectivity index (χ2n) is 4.32. The van der Waals surface area contributed by atoms with Gasteiger partial charge in [-0.05, 0) is 49.3 Å². The van der Waals surface area contributed by atoms with Crippen LogP contribution in [0.3, 0.4) is 0 Å². The summed E-state index contributed by atoms with van der Waals surface area (Å²) in [5.41, 5.74) is 3.61. The second-order valence-corrected chi connectivity index (χ2v) is 4.73. The summed E-state index contributed by atoms with van der Waals surface area (Å²) in [6.07, 6.45) is 5.34. The second kappa shape index (κ2) is 7.66. The third-order valence-corrected chi connectivity index (χ3v) is 2.27. The molecule has 0 aliphatic heterocycles. The molecule has 1 heterocycles. The molecule has 0 saturated heterocycles. The van der Waals surface area contributed by atoms with Crippen LogP contribution in [0, 0.1) is 5.92 Å². The molecule has 18 heavy (non-hydrogen) atoms. The zero-order valence-electron chi connectivity index (χ0n) is 10.9. The maximum Gasteiger partial charge on any atom is 0.186 e. The Morgan fingerprint density at radius 2 is 2.33 bits per heavy atom. The van der Waals surface area contributed by atoms with Gasteiger partial charge in [-0.1, -0.05) is 13.8 Å². The Labute approximate surface area is 113 Å². The molecule has 4 nitrogen and oxygen atoms in total. The van der Waals surface area contributed by atoms with Crippen LogP contribution >= 0.6 is 12.2 Å². The monoisotopic (exact) mass is 265 g/mol. The van der Waals surface area contributed by atoms with E-state index >= 15 is 0 Å². The molecule has 1 aromatic rings. The summed E-state index contributed by atoms with van der Waals surface area (Å²) < 4.78 is 5.17. The fourth-order valence-electron chi connectivity index (χ4n) is 1.10. The van der Waals surface area contributed by atoms with Gasteiger partial charge in [0.1, 0.15) is 5.76 Å². The first-order chi connectivity index (χ1) is 8.58. The van der Waals surface area contributed by atoms with E-state index in [1.54, 1.807) is 6.26 Å². The molecule has 1 rings (SSSR count). The first-order valence-corrected chi connectivity index (χ1v) is 6.28. The minimum atomic E-state index is 0.537. The summed E-state index contributed by atoms with van der Waals surface area (Å²) >= 11 is 5.08. The topological polar surface area (TPSA) is 49.6 Å². The maximum atomic E-state index is 5.17. The first kappa shape index (κ1) is 14.4. The van der Waals surface area contributed by atoms with E-state index in [2.05, 4.69) is 29.7 Å². The molecule has 0 amide bonds. The number of hydrazone groups is 1. The summed E-state index contributed by atoms with van der Waals surface area (Å²) in [4.78, 5) is 0. The highest BCUT2D eigenvalue weighted by atomic mass is 32.1. The number of allylic oxidation sites excluding steroid dienone is 1. The zero-order valence-corrected chi connectivity index (χ0v) is 11.8. The van der Waals surface area contributed by atoms with Crippen LogP contribution in [0.1, 0.15) is 26.5 Å². The third-order valence-electron chi connectivity index (χ3n) is 2.04. The Balaban J connectivity index is 2.35. The minimum absolute atomic E-state index is 0.537. The molecule has 0 aromatic carbocycles. The highest BCUT2D eigenvalue weighted by Gasteiger charge is 1.96. The Morgan fingerprint density at radius 3 is 2.94 bits per heavy atom. The van der Waals surface area contributed by atoms with Gasteiger partial charge in [0.15, 0.2) is 5.11 Å². The van der Waals surface area contributed by atoms with E-state index < -0.39 is 0 Å². The molecule has 0 aliphatic carbocycles. The molecule has 2 N–H and O–H groups in total. The summed E-state index contributed by atoms with van der Waals surface area (Å²) in [6, 6.07) is 3.72. The van der Waals surface area contributed by atoms with Crippen LogP contribution in [0.4, 0.5) is 0 Å². The van der Waals surface area contributed by atoms with E-state index in [-0.39, 0.29) is 0 Å². The lowest BCUT2D eigenvalue weighted by Crippen LogP contribution is -2.34. The lowest BCUT2D eigenvalue weighted by Gasteiger charge is -2.09. The minimum Gasteiger partial charge on any atom is -0.465 e. The van der Waals surface area contributed by atoms with Gasteiger partial charge in [-0.25, -0.2) is 0 Å². The largest absolute Gasteiger partial charge is 0.465 e. The van der Waals surface area contributed by atoms with Crippen molar-refractivity contribution < 1.29 is 4.42 Å². The lowest BCUT2D eigenvalue weighted by molar-refractivity contribution is 0.557. The molecule has 1 aromatic heterocycles. The van der Waals surface area contributed by atoms with Crippen molar-refractivity contribution in [2.45, 2.75) is 20.8 Å². The fourth-order valence-corrected chi connectivity index (χ4v) is 1.23. The highest BCUT2D eigenvalue weighted by Crippen LogP contribution is 2.02. The molecule has 0 radical (unpaired) electrons. The van der Waals surface area contributed by atoms with E-state index in [1.807, 2.05) is 31.2 Å². The molecule has 0 aliphatic rings. The van der Waals surface area contributed by atoms with E-state index in [0.29, 0.717) is 11.0 Å². The van der Waals surface area contributed by atoms with E-state index in [0.717, 1.165) is 18.0 Å². The summed E-state index contributed by atoms with van der Waals surface area (Å²) in [5.74, 6) is 1.35. The summed E-state index contributed by atoms with van der Waals surface area (Å²) in [7, 11) is 0. The predicted octanol–water partition coefficient (Wildman–Crippen LogP) is 2.79. The number of hydrogen-bond acceptors (Lipinski definition) is 3. The van der Waals surface area contributed by atoms with Gasteiger partial charge in [-0.2, -0.15) is 5.10 Å². The smallest absolute Gasteiger partial charge is 0.186 e. The number of rotatable bonds is 5. The van der Waals surface area contributed by atoms with Crippen LogP contribution in [-0.2, 0) is 0 Å². The summed E-state index contributed by atoms with van der Waals surface area (Å²) in [6.45, 7) is 6.96. The molecule has 98 valence electrons. The van der Waals surface area contributed by atoms with Crippen LogP contribution in [0.2, 0.25) is 0 Å². The standard InChI is InChI=1S/C13H19N3OS/c1-10(2)9-14-13(18)16-15-11(3)6-7-12-5-4-8-17-12/h4-8,10H,9H2,1-3H3,(H2,14,16,18)/b7-6+,15-11-. The normalized spacial score (nSPS) is 12.1. The van der Waals surface area contributed by atoms with E-state index in [9.17, 15) is 0 Å². The molecule has 0 spiro atoms. The van der Waals surface area contributed by atoms with Crippen molar-refractivity contribution in [1.82, 2.24) is 10.7 Å². The Hall–Kier alpha value is -1.62. The van der Waals surface area contributed by atoms with E-state index in [4.69, 9.17) is 16.6 Å². The van der Waals surface area contributed by atoms with Crippen molar-refractivity contribution in [3.05, 3.63) is 30.2 Å². The van der Waals surface area contributed by atoms with Crippen molar-refractivity contribution in [2.24, 2.45) is 11.0 Å².